The highest BCUT2D eigenvalue weighted by Gasteiger charge is 2.33. The summed E-state index contributed by atoms with van der Waals surface area (Å²) in [5, 5.41) is 2.94. The van der Waals surface area contributed by atoms with Crippen LogP contribution in [-0.4, -0.2) is 43.8 Å². The topological polar surface area (TPSA) is 86.8 Å². The predicted molar refractivity (Wildman–Crippen MR) is 151 cm³/mol. The molecule has 38 heavy (non-hydrogen) atoms. The van der Waals surface area contributed by atoms with Gasteiger partial charge in [-0.3, -0.25) is 13.9 Å². The smallest absolute Gasteiger partial charge is 0.264 e. The van der Waals surface area contributed by atoms with E-state index in [0.717, 1.165) is 27.4 Å². The minimum absolute atomic E-state index is 0.0520. The summed E-state index contributed by atoms with van der Waals surface area (Å²) < 4.78 is 28.9. The highest BCUT2D eigenvalue weighted by atomic mass is 32.2. The van der Waals surface area contributed by atoms with E-state index in [1.807, 2.05) is 70.2 Å². The quantitative estimate of drug-likeness (QED) is 0.381. The zero-order chi connectivity index (χ0) is 27.9. The Kier molecular flexibility index (Phi) is 9.69. The number of benzene rings is 3. The van der Waals surface area contributed by atoms with Gasteiger partial charge in [0.2, 0.25) is 11.8 Å². The average Bonchev–Trinajstić information content (AvgIpc) is 2.91. The number of aryl methyl sites for hydroxylation is 2. The summed E-state index contributed by atoms with van der Waals surface area (Å²) in [6, 6.07) is 22.0. The maximum Gasteiger partial charge on any atom is 0.264 e. The van der Waals surface area contributed by atoms with E-state index in [2.05, 4.69) is 5.32 Å². The number of hydrogen-bond donors (Lipinski definition) is 1. The Hall–Kier alpha value is -3.65. The van der Waals surface area contributed by atoms with E-state index in [4.69, 9.17) is 0 Å². The number of amides is 2. The molecule has 0 saturated heterocycles. The first kappa shape index (κ1) is 28.9. The maximum atomic E-state index is 13.9. The van der Waals surface area contributed by atoms with Crippen molar-refractivity contribution in [2.24, 2.45) is 0 Å². The molecule has 2 amide bonds. The van der Waals surface area contributed by atoms with Gasteiger partial charge in [0.15, 0.2) is 0 Å². The zero-order valence-corrected chi connectivity index (χ0v) is 23.5. The van der Waals surface area contributed by atoms with Gasteiger partial charge in [-0.1, -0.05) is 73.2 Å². The summed E-state index contributed by atoms with van der Waals surface area (Å²) in [7, 11) is -4.07. The molecule has 0 aromatic heterocycles. The third-order valence-corrected chi connectivity index (χ3v) is 8.37. The van der Waals surface area contributed by atoms with Gasteiger partial charge >= 0.3 is 0 Å². The SMILES string of the molecule is CC[C@H](C)NC(=O)[C@H](C)N(Cc1ccccc1)C(=O)CN(c1ccc(C)cc1C)S(=O)(=O)c1ccccc1. The van der Waals surface area contributed by atoms with E-state index in [9.17, 15) is 18.0 Å². The molecule has 0 unspecified atom stereocenters. The van der Waals surface area contributed by atoms with Crippen LogP contribution in [-0.2, 0) is 26.2 Å². The minimum Gasteiger partial charge on any atom is -0.352 e. The summed E-state index contributed by atoms with van der Waals surface area (Å²) in [4.78, 5) is 28.5. The predicted octanol–water partition coefficient (Wildman–Crippen LogP) is 4.83. The van der Waals surface area contributed by atoms with Crippen LogP contribution in [0.25, 0.3) is 0 Å². The number of nitrogens with one attached hydrogen (secondary N) is 1. The fourth-order valence-corrected chi connectivity index (χ4v) is 5.65. The molecule has 0 radical (unpaired) electrons. The third-order valence-electron chi connectivity index (χ3n) is 6.60. The molecule has 3 rings (SSSR count). The van der Waals surface area contributed by atoms with Crippen LogP contribution in [0.3, 0.4) is 0 Å². The van der Waals surface area contributed by atoms with E-state index in [-0.39, 0.29) is 23.4 Å². The molecular weight excluding hydrogens is 498 g/mol. The monoisotopic (exact) mass is 535 g/mol. The molecule has 0 aliphatic carbocycles. The molecule has 0 bridgehead atoms. The molecule has 8 heteroatoms. The van der Waals surface area contributed by atoms with Gasteiger partial charge in [-0.05, 0) is 63.4 Å². The molecule has 0 aliphatic heterocycles. The lowest BCUT2D eigenvalue weighted by Crippen LogP contribution is -2.52. The van der Waals surface area contributed by atoms with Crippen molar-refractivity contribution in [1.29, 1.82) is 0 Å². The summed E-state index contributed by atoms with van der Waals surface area (Å²) in [5.74, 6) is -0.757. The number of carbonyl (C=O) groups is 2. The van der Waals surface area contributed by atoms with E-state index in [1.165, 1.54) is 17.0 Å². The molecule has 0 spiro atoms. The Morgan fingerprint density at radius 2 is 1.50 bits per heavy atom. The maximum absolute atomic E-state index is 13.9. The van der Waals surface area contributed by atoms with Crippen LogP contribution in [0.5, 0.6) is 0 Å². The van der Waals surface area contributed by atoms with Crippen LogP contribution in [0.1, 0.15) is 43.9 Å². The van der Waals surface area contributed by atoms with E-state index >= 15 is 0 Å². The largest absolute Gasteiger partial charge is 0.352 e. The number of nitrogens with zero attached hydrogens (tertiary/aromatic N) is 2. The van der Waals surface area contributed by atoms with Crippen LogP contribution in [0.2, 0.25) is 0 Å². The lowest BCUT2D eigenvalue weighted by Gasteiger charge is -2.33. The first-order valence-electron chi connectivity index (χ1n) is 12.8. The van der Waals surface area contributed by atoms with Crippen molar-refractivity contribution in [3.63, 3.8) is 0 Å². The zero-order valence-electron chi connectivity index (χ0n) is 22.7. The number of hydrogen-bond acceptors (Lipinski definition) is 4. The second-order valence-electron chi connectivity index (χ2n) is 9.62. The Balaban J connectivity index is 2.03. The summed E-state index contributed by atoms with van der Waals surface area (Å²) in [5.41, 5.74) is 2.97. The van der Waals surface area contributed by atoms with Crippen molar-refractivity contribution in [3.05, 3.63) is 95.6 Å². The molecule has 3 aromatic rings. The van der Waals surface area contributed by atoms with Gasteiger partial charge in [0.25, 0.3) is 10.0 Å². The molecule has 0 aliphatic rings. The molecule has 3 aromatic carbocycles. The molecule has 202 valence electrons. The van der Waals surface area contributed by atoms with Gasteiger partial charge < -0.3 is 10.2 Å². The van der Waals surface area contributed by atoms with Crippen molar-refractivity contribution in [2.45, 2.75) is 64.6 Å². The fourth-order valence-electron chi connectivity index (χ4n) is 4.15. The van der Waals surface area contributed by atoms with Crippen molar-refractivity contribution < 1.29 is 18.0 Å². The number of carbonyl (C=O) groups excluding carboxylic acids is 2. The van der Waals surface area contributed by atoms with Crippen molar-refractivity contribution >= 4 is 27.5 Å². The van der Waals surface area contributed by atoms with Crippen LogP contribution in [0, 0.1) is 13.8 Å². The highest BCUT2D eigenvalue weighted by Crippen LogP contribution is 2.28. The Morgan fingerprint density at radius 1 is 0.895 bits per heavy atom. The first-order chi connectivity index (χ1) is 18.0. The molecule has 0 heterocycles. The van der Waals surface area contributed by atoms with Crippen molar-refractivity contribution in [3.8, 4) is 0 Å². The Morgan fingerprint density at radius 3 is 2.08 bits per heavy atom. The Labute approximate surface area is 226 Å². The van der Waals surface area contributed by atoms with Crippen LogP contribution < -0.4 is 9.62 Å². The van der Waals surface area contributed by atoms with E-state index < -0.39 is 28.5 Å². The molecular formula is C30H37N3O4S. The Bertz CT molecular complexity index is 1340. The molecule has 0 saturated carbocycles. The summed E-state index contributed by atoms with van der Waals surface area (Å²) in [6.07, 6.45) is 0.751. The summed E-state index contributed by atoms with van der Waals surface area (Å²) in [6.45, 7) is 9.02. The molecule has 2 atom stereocenters. The van der Waals surface area contributed by atoms with Crippen LogP contribution in [0.4, 0.5) is 5.69 Å². The van der Waals surface area contributed by atoms with Gasteiger partial charge in [-0.2, -0.15) is 0 Å². The van der Waals surface area contributed by atoms with Gasteiger partial charge in [-0.15, -0.1) is 0 Å². The molecule has 7 nitrogen and oxygen atoms in total. The van der Waals surface area contributed by atoms with E-state index in [1.54, 1.807) is 31.2 Å². The summed E-state index contributed by atoms with van der Waals surface area (Å²) >= 11 is 0. The highest BCUT2D eigenvalue weighted by molar-refractivity contribution is 7.92. The van der Waals surface area contributed by atoms with Crippen molar-refractivity contribution in [2.75, 3.05) is 10.8 Å². The van der Waals surface area contributed by atoms with Gasteiger partial charge in [-0.25, -0.2) is 8.42 Å². The lowest BCUT2D eigenvalue weighted by molar-refractivity contribution is -0.139. The molecule has 0 fully saturated rings. The number of sulfonamides is 1. The van der Waals surface area contributed by atoms with Crippen LogP contribution >= 0.6 is 0 Å². The molecule has 1 N–H and O–H groups in total. The lowest BCUT2D eigenvalue weighted by atomic mass is 10.1. The number of rotatable bonds is 11. The van der Waals surface area contributed by atoms with Crippen LogP contribution in [0.15, 0.2) is 83.8 Å². The van der Waals surface area contributed by atoms with Gasteiger partial charge in [0, 0.05) is 12.6 Å². The van der Waals surface area contributed by atoms with Crippen molar-refractivity contribution in [1.82, 2.24) is 10.2 Å². The first-order valence-corrected chi connectivity index (χ1v) is 14.3. The third kappa shape index (κ3) is 7.01. The van der Waals surface area contributed by atoms with Gasteiger partial charge in [0.05, 0.1) is 10.6 Å². The van der Waals surface area contributed by atoms with E-state index in [0.29, 0.717) is 5.69 Å². The normalized spacial score (nSPS) is 12.9. The second-order valence-corrected chi connectivity index (χ2v) is 11.5. The average molecular weight is 536 g/mol. The second kappa shape index (κ2) is 12.7. The minimum atomic E-state index is -4.07. The van der Waals surface area contributed by atoms with Gasteiger partial charge in [0.1, 0.15) is 12.6 Å². The number of anilines is 1. The fraction of sp³-hybridized carbons (Fsp3) is 0.333. The standard InChI is InChI=1S/C30H37N3O4S/c1-6-24(4)31-30(35)25(5)32(20-26-13-9-7-10-14-26)29(34)21-33(28-18-17-22(2)19-23(28)3)38(36,37)27-15-11-8-12-16-27/h7-19,24-25H,6,20-21H2,1-5H3,(H,31,35)/t24-,25-/m0/s1.